The van der Waals surface area contributed by atoms with Gasteiger partial charge in [-0.1, -0.05) is 0 Å². The van der Waals surface area contributed by atoms with Crippen molar-refractivity contribution in [3.63, 3.8) is 0 Å². The highest BCUT2D eigenvalue weighted by molar-refractivity contribution is 5.99. The monoisotopic (exact) mass is 480 g/mol. The molecular weight excluding hydrogens is 451 g/mol. The molecule has 4 N–H and O–H groups in total. The third kappa shape index (κ3) is 5.11. The molecule has 1 amide bonds. The van der Waals surface area contributed by atoms with E-state index < -0.39 is 23.8 Å². The number of halogens is 1. The number of nitriles is 1. The molecule has 1 saturated carbocycles. The maximum atomic E-state index is 15.2. The maximum Gasteiger partial charge on any atom is 0.252 e. The molecular formula is C25H29FN6O3. The molecule has 0 saturated heterocycles. The number of primary amides is 1. The van der Waals surface area contributed by atoms with E-state index in [2.05, 4.69) is 16.2 Å². The number of carbonyl (C=O) groups excluding carboxylic acids is 1. The van der Waals surface area contributed by atoms with Crippen LogP contribution in [0.15, 0.2) is 36.7 Å². The summed E-state index contributed by atoms with van der Waals surface area (Å²) in [6.07, 6.45) is 3.11. The summed E-state index contributed by atoms with van der Waals surface area (Å²) in [5, 5.41) is 33.8. The van der Waals surface area contributed by atoms with Crippen molar-refractivity contribution >= 4 is 17.1 Å². The van der Waals surface area contributed by atoms with Gasteiger partial charge >= 0.3 is 0 Å². The SMILES string of the molecule is CC(C)(O)[C@H](F)CN(c1cc(-c2ccc3cc(C#N)cnn23)ncc1C(N)=O)C1CCC(O)CC1. The molecule has 9 nitrogen and oxygen atoms in total. The van der Waals surface area contributed by atoms with Crippen LogP contribution in [0.3, 0.4) is 0 Å². The molecule has 1 aliphatic carbocycles. The summed E-state index contributed by atoms with van der Waals surface area (Å²) in [4.78, 5) is 18.6. The fourth-order valence-corrected chi connectivity index (χ4v) is 4.48. The van der Waals surface area contributed by atoms with Crippen molar-refractivity contribution < 1.29 is 19.4 Å². The quantitative estimate of drug-likeness (QED) is 0.472. The Kier molecular flexibility index (Phi) is 6.74. The summed E-state index contributed by atoms with van der Waals surface area (Å²) < 4.78 is 16.8. The number of amides is 1. The summed E-state index contributed by atoms with van der Waals surface area (Å²) in [7, 11) is 0. The third-order valence-corrected chi connectivity index (χ3v) is 6.58. The lowest BCUT2D eigenvalue weighted by molar-refractivity contribution is -0.000871. The van der Waals surface area contributed by atoms with Gasteiger partial charge in [-0.3, -0.25) is 9.78 Å². The molecule has 35 heavy (non-hydrogen) atoms. The second-order valence-corrected chi connectivity index (χ2v) is 9.60. The Morgan fingerprint density at radius 2 is 2.03 bits per heavy atom. The number of nitrogens with zero attached hydrogens (tertiary/aromatic N) is 5. The summed E-state index contributed by atoms with van der Waals surface area (Å²) in [6, 6.07) is 8.89. The van der Waals surface area contributed by atoms with E-state index >= 15 is 4.39 Å². The Labute approximate surface area is 202 Å². The van der Waals surface area contributed by atoms with E-state index in [9.17, 15) is 15.0 Å². The highest BCUT2D eigenvalue weighted by atomic mass is 19.1. The van der Waals surface area contributed by atoms with Gasteiger partial charge in [0.1, 0.15) is 12.2 Å². The number of aliphatic hydroxyl groups is 2. The molecule has 10 heteroatoms. The van der Waals surface area contributed by atoms with Gasteiger partial charge in [0, 0.05) is 12.2 Å². The van der Waals surface area contributed by atoms with Crippen molar-refractivity contribution in [3.8, 4) is 17.5 Å². The molecule has 0 radical (unpaired) electrons. The van der Waals surface area contributed by atoms with Gasteiger partial charge < -0.3 is 20.8 Å². The van der Waals surface area contributed by atoms with E-state index in [4.69, 9.17) is 11.0 Å². The topological polar surface area (TPSA) is 141 Å². The predicted octanol–water partition coefficient (Wildman–Crippen LogP) is 2.59. The van der Waals surface area contributed by atoms with E-state index in [-0.39, 0.29) is 18.2 Å². The molecule has 0 bridgehead atoms. The molecule has 3 aromatic rings. The van der Waals surface area contributed by atoms with Crippen molar-refractivity contribution in [1.29, 1.82) is 5.26 Å². The van der Waals surface area contributed by atoms with Gasteiger partial charge in [-0.05, 0) is 63.8 Å². The van der Waals surface area contributed by atoms with E-state index in [0.29, 0.717) is 53.8 Å². The Morgan fingerprint density at radius 1 is 1.31 bits per heavy atom. The third-order valence-electron chi connectivity index (χ3n) is 6.58. The highest BCUT2D eigenvalue weighted by Crippen LogP contribution is 2.34. The van der Waals surface area contributed by atoms with Crippen molar-refractivity contribution in [1.82, 2.24) is 14.6 Å². The van der Waals surface area contributed by atoms with E-state index in [0.717, 1.165) is 0 Å². The average Bonchev–Trinajstić information content (AvgIpc) is 3.25. The van der Waals surface area contributed by atoms with Crippen LogP contribution in [-0.2, 0) is 0 Å². The largest absolute Gasteiger partial charge is 0.393 e. The minimum absolute atomic E-state index is 0.142. The number of pyridine rings is 1. The Bertz CT molecular complexity index is 1270. The Balaban J connectivity index is 1.82. The fraction of sp³-hybridized carbons (Fsp3) is 0.440. The van der Waals surface area contributed by atoms with Crippen molar-refractivity contribution in [2.24, 2.45) is 5.73 Å². The molecule has 4 rings (SSSR count). The van der Waals surface area contributed by atoms with E-state index in [1.54, 1.807) is 33.7 Å². The zero-order valence-electron chi connectivity index (χ0n) is 19.7. The predicted molar refractivity (Wildman–Crippen MR) is 128 cm³/mol. The van der Waals surface area contributed by atoms with Crippen LogP contribution >= 0.6 is 0 Å². The first kappa shape index (κ1) is 24.6. The molecule has 1 atom stereocenters. The molecule has 1 aliphatic rings. The smallest absolute Gasteiger partial charge is 0.252 e. The standard InChI is InChI=1S/C25H29FN6O3/c1-25(2,35)23(26)14-31(16-3-6-18(33)7-4-16)22-10-20(29-13-19(22)24(28)34)21-8-5-17-9-15(11-27)12-30-32(17)21/h5,8-10,12-13,16,18,23,33,35H,3-4,6-7,14H2,1-2H3,(H2,28,34)/t16?,18?,23-/m1/s1. The number of hydrogen-bond donors (Lipinski definition) is 3. The Morgan fingerprint density at radius 3 is 2.66 bits per heavy atom. The molecule has 3 aromatic heterocycles. The lowest BCUT2D eigenvalue weighted by Crippen LogP contribution is -2.48. The summed E-state index contributed by atoms with van der Waals surface area (Å²) in [6.45, 7) is 2.65. The summed E-state index contributed by atoms with van der Waals surface area (Å²) >= 11 is 0. The number of hydrogen-bond acceptors (Lipinski definition) is 7. The normalized spacial score (nSPS) is 19.3. The first-order valence-corrected chi connectivity index (χ1v) is 11.6. The van der Waals surface area contributed by atoms with Gasteiger partial charge in [-0.15, -0.1) is 0 Å². The van der Waals surface area contributed by atoms with Crippen LogP contribution in [0.2, 0.25) is 0 Å². The van der Waals surface area contributed by atoms with E-state index in [1.807, 2.05) is 0 Å². The highest BCUT2D eigenvalue weighted by Gasteiger charge is 2.34. The number of aliphatic hydroxyl groups excluding tert-OH is 1. The molecule has 0 unspecified atom stereocenters. The van der Waals surface area contributed by atoms with Crippen LogP contribution in [-0.4, -0.2) is 61.2 Å². The second-order valence-electron chi connectivity index (χ2n) is 9.60. The lowest BCUT2D eigenvalue weighted by atomic mass is 9.90. The molecule has 0 spiro atoms. The minimum Gasteiger partial charge on any atom is -0.393 e. The number of aromatic nitrogens is 3. The summed E-state index contributed by atoms with van der Waals surface area (Å²) in [5.41, 5.74) is 6.88. The van der Waals surface area contributed by atoms with Crippen LogP contribution in [0.5, 0.6) is 0 Å². The number of alkyl halides is 1. The maximum absolute atomic E-state index is 15.2. The Hall–Kier alpha value is -3.55. The first-order valence-electron chi connectivity index (χ1n) is 11.6. The zero-order valence-corrected chi connectivity index (χ0v) is 19.7. The molecule has 3 heterocycles. The van der Waals surface area contributed by atoms with Gasteiger partial charge in [-0.25, -0.2) is 8.91 Å². The molecule has 1 fully saturated rings. The van der Waals surface area contributed by atoms with Gasteiger partial charge in [-0.2, -0.15) is 10.4 Å². The van der Waals surface area contributed by atoms with Crippen LogP contribution in [0.4, 0.5) is 10.1 Å². The zero-order chi connectivity index (χ0) is 25.3. The number of rotatable bonds is 7. The minimum atomic E-state index is -1.60. The number of anilines is 1. The molecule has 184 valence electrons. The second kappa shape index (κ2) is 9.60. The summed E-state index contributed by atoms with van der Waals surface area (Å²) in [5.74, 6) is -0.699. The fourth-order valence-electron chi connectivity index (χ4n) is 4.48. The van der Waals surface area contributed by atoms with Gasteiger partial charge in [0.25, 0.3) is 5.91 Å². The number of fused-ring (bicyclic) bond motifs is 1. The van der Waals surface area contributed by atoms with Crippen LogP contribution in [0.25, 0.3) is 16.9 Å². The van der Waals surface area contributed by atoms with E-state index in [1.165, 1.54) is 26.2 Å². The van der Waals surface area contributed by atoms with Gasteiger partial charge in [0.05, 0.1) is 58.2 Å². The first-order chi connectivity index (χ1) is 16.6. The van der Waals surface area contributed by atoms with Crippen molar-refractivity contribution in [3.05, 3.63) is 47.8 Å². The number of nitrogens with two attached hydrogens (primary N) is 1. The molecule has 0 aliphatic heterocycles. The van der Waals surface area contributed by atoms with Crippen LogP contribution < -0.4 is 10.6 Å². The molecule has 0 aromatic carbocycles. The van der Waals surface area contributed by atoms with Crippen LogP contribution in [0.1, 0.15) is 55.5 Å². The van der Waals surface area contributed by atoms with Crippen molar-refractivity contribution in [2.75, 3.05) is 11.4 Å². The van der Waals surface area contributed by atoms with Crippen LogP contribution in [0, 0.1) is 11.3 Å². The van der Waals surface area contributed by atoms with Gasteiger partial charge in [0.15, 0.2) is 0 Å². The van der Waals surface area contributed by atoms with Gasteiger partial charge in [0.2, 0.25) is 0 Å². The average molecular weight is 481 g/mol. The number of carbonyl (C=O) groups is 1. The van der Waals surface area contributed by atoms with Crippen molar-refractivity contribution in [2.45, 2.75) is 63.4 Å². The lowest BCUT2D eigenvalue weighted by Gasteiger charge is -2.40.